The Bertz CT molecular complexity index is 1130. The number of rotatable bonds is 15. The van der Waals surface area contributed by atoms with Crippen LogP contribution in [0.4, 0.5) is 0 Å². The molecule has 0 N–H and O–H groups in total. The van der Waals surface area contributed by atoms with E-state index < -0.39 is 7.92 Å². The van der Waals surface area contributed by atoms with Crippen molar-refractivity contribution < 1.29 is 0 Å². The van der Waals surface area contributed by atoms with Crippen molar-refractivity contribution in [3.63, 3.8) is 0 Å². The normalized spacial score (nSPS) is 10.6. The Labute approximate surface area is 225 Å². The lowest BCUT2D eigenvalue weighted by molar-refractivity contribution is 1.16. The highest BCUT2D eigenvalue weighted by Gasteiger charge is 2.26. The molecule has 0 spiro atoms. The van der Waals surface area contributed by atoms with Gasteiger partial charge in [0.15, 0.2) is 0 Å². The van der Waals surface area contributed by atoms with Gasteiger partial charge in [0.05, 0.1) is 0 Å². The zero-order chi connectivity index (χ0) is 26.6. The fourth-order valence-electron chi connectivity index (χ4n) is 5.06. The zero-order valence-electron chi connectivity index (χ0n) is 22.1. The SMILES string of the molecule is C=CCc1cccc(P(c2cccc(CC=C)c2CC=C)c2cccc(CC=C)c2CC=C)c1CC=C. The van der Waals surface area contributed by atoms with Crippen LogP contribution in [0.3, 0.4) is 0 Å². The predicted molar refractivity (Wildman–Crippen MR) is 169 cm³/mol. The summed E-state index contributed by atoms with van der Waals surface area (Å²) in [5.41, 5.74) is 8.04. The smallest absolute Gasteiger partial charge is 0.00907 e. The quantitative estimate of drug-likeness (QED) is 0.147. The summed E-state index contributed by atoms with van der Waals surface area (Å²) < 4.78 is 0. The van der Waals surface area contributed by atoms with Crippen molar-refractivity contribution in [1.82, 2.24) is 0 Å². The third-order valence-electron chi connectivity index (χ3n) is 6.61. The van der Waals surface area contributed by atoms with Crippen LogP contribution in [-0.2, 0) is 38.5 Å². The van der Waals surface area contributed by atoms with Crippen molar-refractivity contribution in [2.24, 2.45) is 0 Å². The first-order chi connectivity index (χ1) is 18.1. The van der Waals surface area contributed by atoms with Crippen molar-refractivity contribution >= 4 is 23.8 Å². The highest BCUT2D eigenvalue weighted by molar-refractivity contribution is 7.80. The third-order valence-corrected chi connectivity index (χ3v) is 9.31. The molecule has 0 atom stereocenters. The standard InChI is InChI=1S/C36H39P/c1-7-16-28-22-13-25-34(31(28)19-10-4)37(35-26-14-23-29(17-8-2)32(35)20-11-5)36-27-15-24-30(18-9-3)33(36)21-12-6/h7-15,22-27H,1-6,16-21H2. The van der Waals surface area contributed by atoms with Crippen LogP contribution in [0.15, 0.2) is 131 Å². The summed E-state index contributed by atoms with van der Waals surface area (Å²) in [7, 11) is -0.870. The largest absolute Gasteiger partial charge is 0.103 e. The predicted octanol–water partition coefficient (Wildman–Crippen LogP) is 7.82. The maximum atomic E-state index is 4.11. The molecule has 0 fully saturated rings. The van der Waals surface area contributed by atoms with E-state index in [1.54, 1.807) is 0 Å². The van der Waals surface area contributed by atoms with E-state index in [2.05, 4.69) is 94.1 Å². The van der Waals surface area contributed by atoms with Gasteiger partial charge in [-0.15, -0.1) is 39.5 Å². The second kappa shape index (κ2) is 14.3. The molecular formula is C36H39P. The van der Waals surface area contributed by atoms with Gasteiger partial charge in [-0.1, -0.05) is 91.1 Å². The summed E-state index contributed by atoms with van der Waals surface area (Å²) in [6, 6.07) is 20.3. The molecule has 0 aromatic heterocycles. The summed E-state index contributed by atoms with van der Waals surface area (Å²) in [5, 5.41) is 4.16. The van der Waals surface area contributed by atoms with Gasteiger partial charge in [-0.3, -0.25) is 0 Å². The van der Waals surface area contributed by atoms with Gasteiger partial charge in [0.2, 0.25) is 0 Å². The molecule has 188 valence electrons. The van der Waals surface area contributed by atoms with Gasteiger partial charge < -0.3 is 0 Å². The highest BCUT2D eigenvalue weighted by Crippen LogP contribution is 2.39. The maximum Gasteiger partial charge on any atom is -0.00907 e. The fraction of sp³-hybridized carbons (Fsp3) is 0.167. The maximum absolute atomic E-state index is 4.11. The molecule has 1 heteroatoms. The average Bonchev–Trinajstić information content (AvgIpc) is 2.90. The van der Waals surface area contributed by atoms with Crippen molar-refractivity contribution in [3.05, 3.63) is 164 Å². The summed E-state index contributed by atoms with van der Waals surface area (Å²) in [5.74, 6) is 0. The van der Waals surface area contributed by atoms with Crippen molar-refractivity contribution in [1.29, 1.82) is 0 Å². The molecule has 0 amide bonds. The monoisotopic (exact) mass is 502 g/mol. The Morgan fingerprint density at radius 3 is 0.919 bits per heavy atom. The van der Waals surface area contributed by atoms with Gasteiger partial charge >= 0.3 is 0 Å². The van der Waals surface area contributed by atoms with E-state index in [0.717, 1.165) is 38.5 Å². The van der Waals surface area contributed by atoms with Crippen LogP contribution in [0, 0.1) is 0 Å². The lowest BCUT2D eigenvalue weighted by atomic mass is 10.0. The summed E-state index contributed by atoms with van der Waals surface area (Å²) in [6.07, 6.45) is 17.1. The number of allylic oxidation sites excluding steroid dienone is 6. The molecular weight excluding hydrogens is 463 g/mol. The van der Waals surface area contributed by atoms with E-state index in [1.165, 1.54) is 49.3 Å². The minimum atomic E-state index is -0.870. The van der Waals surface area contributed by atoms with Gasteiger partial charge in [0, 0.05) is 0 Å². The lowest BCUT2D eigenvalue weighted by Crippen LogP contribution is -2.29. The topological polar surface area (TPSA) is 0 Å². The minimum Gasteiger partial charge on any atom is -0.103 e. The molecule has 0 aliphatic rings. The first-order valence-electron chi connectivity index (χ1n) is 12.9. The number of hydrogen-bond donors (Lipinski definition) is 0. The van der Waals surface area contributed by atoms with E-state index >= 15 is 0 Å². The highest BCUT2D eigenvalue weighted by atomic mass is 31.1. The molecule has 0 saturated carbocycles. The van der Waals surface area contributed by atoms with Crippen molar-refractivity contribution in [3.8, 4) is 0 Å². The molecule has 3 rings (SSSR count). The first kappa shape index (κ1) is 28.1. The molecule has 0 aliphatic carbocycles. The summed E-state index contributed by atoms with van der Waals surface area (Å²) in [4.78, 5) is 0. The Balaban J connectivity index is 2.48. The molecule has 37 heavy (non-hydrogen) atoms. The molecule has 3 aromatic rings. The van der Waals surface area contributed by atoms with Gasteiger partial charge in [-0.2, -0.15) is 0 Å². The Morgan fingerprint density at radius 2 is 0.676 bits per heavy atom. The van der Waals surface area contributed by atoms with Crippen LogP contribution in [-0.4, -0.2) is 0 Å². The lowest BCUT2D eigenvalue weighted by Gasteiger charge is -2.29. The second-order valence-electron chi connectivity index (χ2n) is 9.04. The second-order valence-corrected chi connectivity index (χ2v) is 11.2. The Kier molecular flexibility index (Phi) is 10.9. The number of benzene rings is 3. The van der Waals surface area contributed by atoms with E-state index in [9.17, 15) is 0 Å². The molecule has 0 unspecified atom stereocenters. The van der Waals surface area contributed by atoms with Gasteiger partial charge in [0.25, 0.3) is 0 Å². The number of hydrogen-bond acceptors (Lipinski definition) is 0. The van der Waals surface area contributed by atoms with E-state index in [0.29, 0.717) is 0 Å². The van der Waals surface area contributed by atoms with Gasteiger partial charge in [-0.05, 0) is 95.7 Å². The first-order valence-corrected chi connectivity index (χ1v) is 14.3. The molecule has 0 saturated heterocycles. The molecule has 0 bridgehead atoms. The average molecular weight is 503 g/mol. The van der Waals surface area contributed by atoms with Crippen LogP contribution in [0.25, 0.3) is 0 Å². The van der Waals surface area contributed by atoms with Gasteiger partial charge in [-0.25, -0.2) is 0 Å². The third kappa shape index (κ3) is 6.46. The van der Waals surface area contributed by atoms with Crippen LogP contribution >= 0.6 is 7.92 Å². The molecule has 0 radical (unpaired) electrons. The minimum absolute atomic E-state index is 0.824. The van der Waals surface area contributed by atoms with Crippen molar-refractivity contribution in [2.75, 3.05) is 0 Å². The summed E-state index contributed by atoms with van der Waals surface area (Å²) >= 11 is 0. The van der Waals surface area contributed by atoms with Crippen LogP contribution in [0.5, 0.6) is 0 Å². The van der Waals surface area contributed by atoms with Crippen LogP contribution in [0.2, 0.25) is 0 Å². The Morgan fingerprint density at radius 1 is 0.405 bits per heavy atom. The molecule has 3 aromatic carbocycles. The van der Waals surface area contributed by atoms with Crippen molar-refractivity contribution in [2.45, 2.75) is 38.5 Å². The van der Waals surface area contributed by atoms with Crippen LogP contribution in [0.1, 0.15) is 33.4 Å². The van der Waals surface area contributed by atoms with E-state index in [4.69, 9.17) is 0 Å². The van der Waals surface area contributed by atoms with E-state index in [1.807, 2.05) is 36.5 Å². The zero-order valence-corrected chi connectivity index (χ0v) is 23.0. The van der Waals surface area contributed by atoms with Gasteiger partial charge in [0.1, 0.15) is 0 Å². The molecule has 0 aliphatic heterocycles. The molecule has 0 nitrogen and oxygen atoms in total. The molecule has 0 heterocycles. The van der Waals surface area contributed by atoms with E-state index in [-0.39, 0.29) is 0 Å². The fourth-order valence-corrected chi connectivity index (χ4v) is 8.06. The Hall–Kier alpha value is -3.47. The van der Waals surface area contributed by atoms with Crippen LogP contribution < -0.4 is 15.9 Å². The summed E-state index contributed by atoms with van der Waals surface area (Å²) in [6.45, 7) is 24.4.